The fourth-order valence-electron chi connectivity index (χ4n) is 2.36. The molecule has 1 aliphatic rings. The highest BCUT2D eigenvalue weighted by Crippen LogP contribution is 2.18. The Morgan fingerprint density at radius 1 is 1.41 bits per heavy atom. The van der Waals surface area contributed by atoms with E-state index >= 15 is 0 Å². The summed E-state index contributed by atoms with van der Waals surface area (Å²) in [5.74, 6) is 0. The molecule has 3 heteroatoms. The molecule has 0 spiro atoms. The second-order valence-electron chi connectivity index (χ2n) is 4.78. The van der Waals surface area contributed by atoms with Crippen molar-refractivity contribution in [2.75, 3.05) is 19.7 Å². The topological polar surface area (TPSA) is 12.5 Å². The van der Waals surface area contributed by atoms with E-state index in [9.17, 15) is 0 Å². The molecule has 0 bridgehead atoms. The van der Waals surface area contributed by atoms with Gasteiger partial charge in [0, 0.05) is 24.6 Å². The molecule has 0 amide bonds. The summed E-state index contributed by atoms with van der Waals surface area (Å²) >= 11 is 1.87. The molecule has 0 N–H and O–H groups in total. The highest BCUT2D eigenvalue weighted by atomic mass is 32.1. The number of ether oxygens (including phenoxy) is 1. The summed E-state index contributed by atoms with van der Waals surface area (Å²) in [5, 5.41) is 2.17. The van der Waals surface area contributed by atoms with Crippen LogP contribution in [0.1, 0.15) is 37.5 Å². The van der Waals surface area contributed by atoms with E-state index in [-0.39, 0.29) is 0 Å². The van der Waals surface area contributed by atoms with Gasteiger partial charge < -0.3 is 4.74 Å². The zero-order valence-electron chi connectivity index (χ0n) is 10.7. The summed E-state index contributed by atoms with van der Waals surface area (Å²) in [6, 6.07) is 4.38. The van der Waals surface area contributed by atoms with E-state index in [1.165, 1.54) is 37.2 Å². The molecule has 0 saturated carbocycles. The van der Waals surface area contributed by atoms with Crippen molar-refractivity contribution in [2.24, 2.45) is 0 Å². The summed E-state index contributed by atoms with van der Waals surface area (Å²) < 4.78 is 5.87. The smallest absolute Gasteiger partial charge is 0.0587 e. The number of thiophene rings is 1. The summed E-state index contributed by atoms with van der Waals surface area (Å²) in [6.07, 6.45) is 5.35. The van der Waals surface area contributed by atoms with Crippen LogP contribution in [-0.2, 0) is 11.3 Å². The summed E-state index contributed by atoms with van der Waals surface area (Å²) in [4.78, 5) is 4.05. The van der Waals surface area contributed by atoms with Crippen molar-refractivity contribution < 1.29 is 4.74 Å². The molecule has 1 saturated heterocycles. The molecule has 96 valence electrons. The first kappa shape index (κ1) is 13.1. The molecule has 0 aromatic carbocycles. The van der Waals surface area contributed by atoms with Gasteiger partial charge in [-0.15, -0.1) is 11.3 Å². The highest BCUT2D eigenvalue weighted by molar-refractivity contribution is 7.09. The minimum absolute atomic E-state index is 0.503. The maximum atomic E-state index is 5.87. The van der Waals surface area contributed by atoms with Gasteiger partial charge in [0.05, 0.1) is 6.10 Å². The summed E-state index contributed by atoms with van der Waals surface area (Å²) in [5.41, 5.74) is 0. The first-order valence-electron chi connectivity index (χ1n) is 6.75. The number of rotatable bonds is 5. The Bertz CT molecular complexity index is 299. The lowest BCUT2D eigenvalue weighted by Gasteiger charge is -2.19. The van der Waals surface area contributed by atoms with Crippen LogP contribution in [0.25, 0.3) is 0 Å². The third kappa shape index (κ3) is 4.41. The third-order valence-electron chi connectivity index (χ3n) is 3.28. The van der Waals surface area contributed by atoms with Gasteiger partial charge in [-0.25, -0.2) is 0 Å². The van der Waals surface area contributed by atoms with Gasteiger partial charge in [0.1, 0.15) is 0 Å². The van der Waals surface area contributed by atoms with Crippen LogP contribution in [0.4, 0.5) is 0 Å². The zero-order valence-corrected chi connectivity index (χ0v) is 11.5. The van der Waals surface area contributed by atoms with E-state index < -0.39 is 0 Å². The zero-order chi connectivity index (χ0) is 11.9. The van der Waals surface area contributed by atoms with Crippen molar-refractivity contribution in [1.29, 1.82) is 0 Å². The Morgan fingerprint density at radius 3 is 3.12 bits per heavy atom. The molecule has 2 nitrogen and oxygen atoms in total. The number of nitrogens with zero attached hydrogens (tertiary/aromatic N) is 1. The lowest BCUT2D eigenvalue weighted by molar-refractivity contribution is 0.0437. The normalized spacial score (nSPS) is 22.5. The average molecular weight is 253 g/mol. The molecular formula is C14H23NOS. The predicted octanol–water partition coefficient (Wildman–Crippen LogP) is 3.53. The predicted molar refractivity (Wildman–Crippen MR) is 73.5 cm³/mol. The molecule has 1 aromatic rings. The molecule has 17 heavy (non-hydrogen) atoms. The SMILES string of the molecule is CCCO[C@H]1CCCN(Cc2cccs2)CC1. The fraction of sp³-hybridized carbons (Fsp3) is 0.714. The van der Waals surface area contributed by atoms with Crippen molar-refractivity contribution in [3.63, 3.8) is 0 Å². The first-order valence-corrected chi connectivity index (χ1v) is 7.63. The maximum Gasteiger partial charge on any atom is 0.0587 e. The van der Waals surface area contributed by atoms with Crippen LogP contribution in [0, 0.1) is 0 Å². The Labute approximate surface area is 109 Å². The van der Waals surface area contributed by atoms with Crippen LogP contribution in [0.5, 0.6) is 0 Å². The van der Waals surface area contributed by atoms with Crippen molar-refractivity contribution >= 4 is 11.3 Å². The Hall–Kier alpha value is -0.380. The Morgan fingerprint density at radius 2 is 2.35 bits per heavy atom. The standard InChI is InChI=1S/C14H23NOS/c1-2-10-16-13-5-3-8-15(9-7-13)12-14-6-4-11-17-14/h4,6,11,13H,2-3,5,7-10,12H2,1H3/t13-/m0/s1. The largest absolute Gasteiger partial charge is 0.378 e. The minimum atomic E-state index is 0.503. The quantitative estimate of drug-likeness (QED) is 0.796. The van der Waals surface area contributed by atoms with Crippen LogP contribution in [0.3, 0.4) is 0 Å². The van der Waals surface area contributed by atoms with Gasteiger partial charge in [0.15, 0.2) is 0 Å². The molecule has 2 rings (SSSR count). The molecule has 1 aromatic heterocycles. The van der Waals surface area contributed by atoms with Crippen LogP contribution in [-0.4, -0.2) is 30.7 Å². The van der Waals surface area contributed by atoms with Gasteiger partial charge in [-0.3, -0.25) is 4.90 Å². The summed E-state index contributed by atoms with van der Waals surface area (Å²) in [6.45, 7) is 6.64. The van der Waals surface area contributed by atoms with Crippen LogP contribution in [0.2, 0.25) is 0 Å². The number of likely N-dealkylation sites (tertiary alicyclic amines) is 1. The second-order valence-corrected chi connectivity index (χ2v) is 5.81. The van der Waals surface area contributed by atoms with Gasteiger partial charge in [-0.05, 0) is 43.7 Å². The number of hydrogen-bond acceptors (Lipinski definition) is 3. The van der Waals surface area contributed by atoms with Crippen molar-refractivity contribution in [1.82, 2.24) is 4.90 Å². The number of hydrogen-bond donors (Lipinski definition) is 0. The molecule has 0 radical (unpaired) electrons. The van der Waals surface area contributed by atoms with Gasteiger partial charge in [0.25, 0.3) is 0 Å². The molecule has 1 aliphatic heterocycles. The third-order valence-corrected chi connectivity index (χ3v) is 4.15. The van der Waals surface area contributed by atoms with E-state index in [0.29, 0.717) is 6.10 Å². The van der Waals surface area contributed by atoms with Gasteiger partial charge >= 0.3 is 0 Å². The van der Waals surface area contributed by atoms with Gasteiger partial charge in [-0.2, -0.15) is 0 Å². The van der Waals surface area contributed by atoms with Crippen molar-refractivity contribution in [3.8, 4) is 0 Å². The van der Waals surface area contributed by atoms with Crippen molar-refractivity contribution in [2.45, 2.75) is 45.3 Å². The Balaban J connectivity index is 1.75. The summed E-state index contributed by atoms with van der Waals surface area (Å²) in [7, 11) is 0. The minimum Gasteiger partial charge on any atom is -0.378 e. The van der Waals surface area contributed by atoms with E-state index in [4.69, 9.17) is 4.74 Å². The van der Waals surface area contributed by atoms with E-state index in [1.54, 1.807) is 0 Å². The Kier molecular flexibility index (Phi) is 5.49. The van der Waals surface area contributed by atoms with E-state index in [1.807, 2.05) is 11.3 Å². The van der Waals surface area contributed by atoms with Crippen LogP contribution < -0.4 is 0 Å². The monoisotopic (exact) mass is 253 g/mol. The first-order chi connectivity index (χ1) is 8.38. The highest BCUT2D eigenvalue weighted by Gasteiger charge is 2.17. The van der Waals surface area contributed by atoms with Crippen molar-refractivity contribution in [3.05, 3.63) is 22.4 Å². The molecule has 1 fully saturated rings. The fourth-order valence-corrected chi connectivity index (χ4v) is 3.10. The van der Waals surface area contributed by atoms with Crippen LogP contribution in [0.15, 0.2) is 17.5 Å². The average Bonchev–Trinajstić information content (AvgIpc) is 2.74. The second kappa shape index (κ2) is 7.14. The molecule has 2 heterocycles. The van der Waals surface area contributed by atoms with E-state index in [2.05, 4.69) is 29.3 Å². The molecule has 1 atom stereocenters. The van der Waals surface area contributed by atoms with Gasteiger partial charge in [-0.1, -0.05) is 13.0 Å². The van der Waals surface area contributed by atoms with Crippen LogP contribution >= 0.6 is 11.3 Å². The lowest BCUT2D eigenvalue weighted by Crippen LogP contribution is -2.24. The van der Waals surface area contributed by atoms with Gasteiger partial charge in [0.2, 0.25) is 0 Å². The maximum absolute atomic E-state index is 5.87. The molecular weight excluding hydrogens is 230 g/mol. The lowest BCUT2D eigenvalue weighted by atomic mass is 10.2. The molecule has 0 unspecified atom stereocenters. The molecule has 0 aliphatic carbocycles. The van der Waals surface area contributed by atoms with E-state index in [0.717, 1.165) is 19.6 Å².